The molecule has 2 N–H and O–H groups in total. The molecule has 0 spiro atoms. The third-order valence-corrected chi connectivity index (χ3v) is 7.64. The molecule has 9 heteroatoms. The van der Waals surface area contributed by atoms with Gasteiger partial charge in [0.25, 0.3) is 0 Å². The van der Waals surface area contributed by atoms with Crippen LogP contribution in [0.1, 0.15) is 30.9 Å². The summed E-state index contributed by atoms with van der Waals surface area (Å²) in [7, 11) is 1.70. The molecule has 9 nitrogen and oxygen atoms in total. The first-order valence-electron chi connectivity index (χ1n) is 12.8. The third-order valence-electron chi connectivity index (χ3n) is 7.64. The lowest BCUT2D eigenvalue weighted by molar-refractivity contribution is -0.131. The van der Waals surface area contributed by atoms with Crippen LogP contribution >= 0.6 is 0 Å². The largest absolute Gasteiger partial charge is 0.495 e. The highest BCUT2D eigenvalue weighted by Gasteiger charge is 2.44. The number of carbonyl (C=O) groups is 1. The number of methoxy groups -OCH3 is 1. The molecule has 0 bridgehead atoms. The number of carbonyl (C=O) groups excluding carboxylic acids is 1. The van der Waals surface area contributed by atoms with Crippen molar-refractivity contribution in [2.45, 2.75) is 37.5 Å². The van der Waals surface area contributed by atoms with Crippen molar-refractivity contribution in [1.29, 1.82) is 0 Å². The zero-order valence-corrected chi connectivity index (χ0v) is 20.6. The van der Waals surface area contributed by atoms with Crippen LogP contribution in [0.5, 0.6) is 5.75 Å². The number of hydrogen-bond donors (Lipinski definition) is 2. The number of piperazine rings is 1. The van der Waals surface area contributed by atoms with Crippen molar-refractivity contribution in [2.75, 3.05) is 38.2 Å². The van der Waals surface area contributed by atoms with E-state index in [4.69, 9.17) is 4.74 Å². The van der Waals surface area contributed by atoms with Crippen LogP contribution in [0.15, 0.2) is 72.1 Å². The molecule has 188 valence electrons. The molecule has 0 saturated carbocycles. The van der Waals surface area contributed by atoms with Gasteiger partial charge in [-0.25, -0.2) is 5.43 Å². The fourth-order valence-corrected chi connectivity index (χ4v) is 5.68. The van der Waals surface area contributed by atoms with E-state index < -0.39 is 0 Å². The smallest absolute Gasteiger partial charge is 0.223 e. The number of hydrogen-bond acceptors (Lipinski definition) is 8. The van der Waals surface area contributed by atoms with Crippen LogP contribution in [-0.2, 0) is 4.79 Å². The second-order valence-electron chi connectivity index (χ2n) is 9.65. The monoisotopic (exact) mass is 487 g/mol. The van der Waals surface area contributed by atoms with Crippen LogP contribution in [0, 0.1) is 0 Å². The average molecular weight is 488 g/mol. The Morgan fingerprint density at radius 1 is 1.03 bits per heavy atom. The molecule has 0 aliphatic carbocycles. The fourth-order valence-electron chi connectivity index (χ4n) is 5.68. The number of benzene rings is 2. The molecule has 0 aromatic heterocycles. The standard InChI is InChI=1S/C27H33N7O2/c1-36-24-10-6-5-9-22(24)31-13-15-32(16-14-31)26(35)12-11-25-28-29-27-23-19-21(20-7-3-2-4-8-20)30-34(23)18-17-33(25)27/h2-10,17-18,21,23,27,29-30H,11-16,19H2,1H3. The average Bonchev–Trinajstić information content (AvgIpc) is 3.56. The first-order chi connectivity index (χ1) is 17.7. The molecule has 6 rings (SSSR count). The molecule has 3 unspecified atom stereocenters. The van der Waals surface area contributed by atoms with Crippen molar-refractivity contribution in [3.8, 4) is 5.75 Å². The van der Waals surface area contributed by atoms with E-state index in [1.807, 2.05) is 29.2 Å². The van der Waals surface area contributed by atoms with Gasteiger partial charge >= 0.3 is 0 Å². The zero-order valence-electron chi connectivity index (χ0n) is 20.6. The first kappa shape index (κ1) is 22.7. The van der Waals surface area contributed by atoms with Gasteiger partial charge < -0.3 is 24.4 Å². The maximum Gasteiger partial charge on any atom is 0.223 e. The highest BCUT2D eigenvalue weighted by molar-refractivity contribution is 5.89. The van der Waals surface area contributed by atoms with E-state index in [0.29, 0.717) is 12.8 Å². The second kappa shape index (κ2) is 9.73. The van der Waals surface area contributed by atoms with E-state index in [0.717, 1.165) is 49.9 Å². The maximum absolute atomic E-state index is 13.0. The Hall–Kier alpha value is -3.72. The predicted molar refractivity (Wildman–Crippen MR) is 139 cm³/mol. The van der Waals surface area contributed by atoms with Crippen molar-refractivity contribution in [1.82, 2.24) is 25.7 Å². The van der Waals surface area contributed by atoms with Gasteiger partial charge in [0.05, 0.1) is 24.9 Å². The molecule has 1 amide bonds. The van der Waals surface area contributed by atoms with Gasteiger partial charge in [-0.2, -0.15) is 5.10 Å². The van der Waals surface area contributed by atoms with E-state index in [9.17, 15) is 4.79 Å². The molecule has 0 radical (unpaired) electrons. The van der Waals surface area contributed by atoms with E-state index >= 15 is 0 Å². The van der Waals surface area contributed by atoms with Crippen molar-refractivity contribution in [3.05, 3.63) is 72.6 Å². The van der Waals surface area contributed by atoms with Crippen LogP contribution in [0.2, 0.25) is 0 Å². The minimum Gasteiger partial charge on any atom is -0.495 e. The summed E-state index contributed by atoms with van der Waals surface area (Å²) in [5.41, 5.74) is 9.32. The summed E-state index contributed by atoms with van der Waals surface area (Å²) in [5, 5.41) is 6.81. The lowest BCUT2D eigenvalue weighted by Gasteiger charge is -2.37. The summed E-state index contributed by atoms with van der Waals surface area (Å²) in [5.74, 6) is 1.99. The Bertz CT molecular complexity index is 1150. The predicted octanol–water partition coefficient (Wildman–Crippen LogP) is 2.47. The van der Waals surface area contributed by atoms with Crippen molar-refractivity contribution < 1.29 is 9.53 Å². The van der Waals surface area contributed by atoms with Gasteiger partial charge in [-0.15, -0.1) is 0 Å². The van der Waals surface area contributed by atoms with Crippen molar-refractivity contribution in [2.24, 2.45) is 5.10 Å². The van der Waals surface area contributed by atoms with Crippen LogP contribution in [0.3, 0.4) is 0 Å². The normalized spacial score (nSPS) is 24.8. The molecule has 36 heavy (non-hydrogen) atoms. The molecule has 3 atom stereocenters. The lowest BCUT2D eigenvalue weighted by atomic mass is 10.00. The molecule has 2 aromatic carbocycles. The number of amidine groups is 1. The number of ether oxygens (including phenoxy) is 1. The number of para-hydroxylation sites is 2. The first-order valence-corrected chi connectivity index (χ1v) is 12.8. The summed E-state index contributed by atoms with van der Waals surface area (Å²) in [6.07, 6.45) is 6.31. The summed E-state index contributed by atoms with van der Waals surface area (Å²) >= 11 is 0. The molecular weight excluding hydrogens is 454 g/mol. The second-order valence-corrected chi connectivity index (χ2v) is 9.65. The number of nitrogens with zero attached hydrogens (tertiary/aromatic N) is 5. The highest BCUT2D eigenvalue weighted by atomic mass is 16.5. The van der Waals surface area contributed by atoms with Gasteiger partial charge in [-0.3, -0.25) is 10.2 Å². The molecule has 4 aliphatic rings. The minimum atomic E-state index is 0.0747. The minimum absolute atomic E-state index is 0.0747. The number of fused-ring (bicyclic) bond motifs is 3. The van der Waals surface area contributed by atoms with Crippen molar-refractivity contribution >= 4 is 17.4 Å². The Balaban J connectivity index is 1.01. The molecule has 2 aromatic rings. The van der Waals surface area contributed by atoms with Crippen molar-refractivity contribution in [3.63, 3.8) is 0 Å². The number of hydrazone groups is 1. The van der Waals surface area contributed by atoms with Gasteiger partial charge in [0.1, 0.15) is 17.8 Å². The number of anilines is 1. The van der Waals surface area contributed by atoms with Gasteiger partial charge in [0, 0.05) is 51.4 Å². The lowest BCUT2D eigenvalue weighted by Crippen LogP contribution is -2.54. The SMILES string of the molecule is COc1ccccc1N1CCN(C(=O)CCC2=NNC3C4CC(c5ccccc5)NN4C=CN23)CC1. The number of amides is 1. The summed E-state index contributed by atoms with van der Waals surface area (Å²) in [6.45, 7) is 3.05. The highest BCUT2D eigenvalue weighted by Crippen LogP contribution is 2.34. The Morgan fingerprint density at radius 2 is 1.81 bits per heavy atom. The number of nitrogens with one attached hydrogen (secondary N) is 2. The summed E-state index contributed by atoms with van der Waals surface area (Å²) < 4.78 is 5.51. The van der Waals surface area contributed by atoms with Gasteiger partial charge in [0.15, 0.2) is 0 Å². The van der Waals surface area contributed by atoms with E-state index in [2.05, 4.69) is 73.5 Å². The van der Waals surface area contributed by atoms with Gasteiger partial charge in [0.2, 0.25) is 5.91 Å². The molecule has 4 aliphatic heterocycles. The number of rotatable bonds is 6. The molecule has 4 heterocycles. The Kier molecular flexibility index (Phi) is 6.14. The zero-order chi connectivity index (χ0) is 24.5. The van der Waals surface area contributed by atoms with E-state index in [-0.39, 0.29) is 24.2 Å². The fraction of sp³-hybridized carbons (Fsp3) is 0.407. The van der Waals surface area contributed by atoms with E-state index in [1.165, 1.54) is 5.56 Å². The molecule has 2 fully saturated rings. The third kappa shape index (κ3) is 4.24. The van der Waals surface area contributed by atoms with E-state index in [1.54, 1.807) is 7.11 Å². The molecule has 2 saturated heterocycles. The maximum atomic E-state index is 13.0. The van der Waals surface area contributed by atoms with Gasteiger partial charge in [-0.05, 0) is 24.1 Å². The van der Waals surface area contributed by atoms with Crippen LogP contribution < -0.4 is 20.5 Å². The quantitative estimate of drug-likeness (QED) is 0.648. The van der Waals surface area contributed by atoms with Crippen LogP contribution in [-0.4, -0.2) is 72.0 Å². The van der Waals surface area contributed by atoms with Crippen LogP contribution in [0.4, 0.5) is 5.69 Å². The molecular formula is C27H33N7O2. The topological polar surface area (TPSA) is 75.7 Å². The summed E-state index contributed by atoms with van der Waals surface area (Å²) in [4.78, 5) is 19.5. The Morgan fingerprint density at radius 3 is 2.61 bits per heavy atom. The number of hydrazine groups is 1. The Labute approximate surface area is 211 Å². The summed E-state index contributed by atoms with van der Waals surface area (Å²) in [6, 6.07) is 19.2. The van der Waals surface area contributed by atoms with Gasteiger partial charge in [-0.1, -0.05) is 42.5 Å². The van der Waals surface area contributed by atoms with Crippen LogP contribution in [0.25, 0.3) is 0 Å².